The van der Waals surface area contributed by atoms with Gasteiger partial charge in [0.2, 0.25) is 11.8 Å². The number of hydrogen-bond donors (Lipinski definition) is 1. The molecule has 0 aliphatic carbocycles. The number of amides is 2. The zero-order valence-corrected chi connectivity index (χ0v) is 15.9. The number of carbonyl (C=O) groups excluding carboxylic acids is 2. The number of hydrogen-bond acceptors (Lipinski definition) is 4. The van der Waals surface area contributed by atoms with E-state index in [1.54, 1.807) is 11.3 Å². The number of benzene rings is 1. The van der Waals surface area contributed by atoms with Crippen LogP contribution in [0.4, 0.5) is 14.5 Å². The predicted octanol–water partition coefficient (Wildman–Crippen LogP) is 2.80. The molecule has 1 aliphatic heterocycles. The van der Waals surface area contributed by atoms with Gasteiger partial charge in [-0.3, -0.25) is 9.59 Å². The van der Waals surface area contributed by atoms with Crippen LogP contribution < -0.4 is 10.2 Å². The fourth-order valence-corrected chi connectivity index (χ4v) is 4.10. The number of nitrogens with zero attached hydrogens (tertiary/aromatic N) is 2. The van der Waals surface area contributed by atoms with Gasteiger partial charge in [-0.25, -0.2) is 8.78 Å². The summed E-state index contributed by atoms with van der Waals surface area (Å²) in [6, 6.07) is 7.07. The van der Waals surface area contributed by atoms with E-state index in [0.717, 1.165) is 17.0 Å². The zero-order chi connectivity index (χ0) is 19.6. The molecule has 144 valence electrons. The highest BCUT2D eigenvalue weighted by Gasteiger charge is 2.36. The molecular weight excluding hydrogens is 372 g/mol. The second kappa shape index (κ2) is 8.14. The maximum atomic E-state index is 14.0. The Hall–Kier alpha value is -2.32. The van der Waals surface area contributed by atoms with Crippen LogP contribution in [0.1, 0.15) is 17.3 Å². The van der Waals surface area contributed by atoms with E-state index in [1.165, 1.54) is 11.0 Å². The van der Waals surface area contributed by atoms with Crippen LogP contribution >= 0.6 is 11.3 Å². The zero-order valence-electron chi connectivity index (χ0n) is 15.1. The number of likely N-dealkylation sites (N-methyl/N-ethyl adjacent to an activating group) is 1. The summed E-state index contributed by atoms with van der Waals surface area (Å²) in [5.74, 6) is -2.66. The van der Waals surface area contributed by atoms with Crippen molar-refractivity contribution in [1.82, 2.24) is 10.2 Å². The van der Waals surface area contributed by atoms with E-state index in [4.69, 9.17) is 0 Å². The Balaban J connectivity index is 1.63. The lowest BCUT2D eigenvalue weighted by Gasteiger charge is -2.24. The lowest BCUT2D eigenvalue weighted by atomic mass is 10.1. The summed E-state index contributed by atoms with van der Waals surface area (Å²) in [5, 5.41) is 4.89. The standard InChI is InChI=1S/C19H21F2N3O2S/c1-23(2)16(17-4-3-7-27-17)10-22-19(26)12-8-18(25)24(11-12)15-6-5-13(20)9-14(15)21/h3-7,9,12,16H,8,10-11H2,1-2H3,(H,22,26). The fourth-order valence-electron chi connectivity index (χ4n) is 3.18. The molecule has 0 radical (unpaired) electrons. The molecule has 1 aromatic heterocycles. The Kier molecular flexibility index (Phi) is 5.86. The molecule has 0 spiro atoms. The van der Waals surface area contributed by atoms with E-state index in [2.05, 4.69) is 5.32 Å². The van der Waals surface area contributed by atoms with Crippen molar-refractivity contribution in [3.05, 3.63) is 52.2 Å². The maximum absolute atomic E-state index is 14.0. The Bertz CT molecular complexity index is 826. The maximum Gasteiger partial charge on any atom is 0.227 e. The molecule has 8 heteroatoms. The first-order chi connectivity index (χ1) is 12.9. The van der Waals surface area contributed by atoms with E-state index in [9.17, 15) is 18.4 Å². The van der Waals surface area contributed by atoms with Gasteiger partial charge >= 0.3 is 0 Å². The van der Waals surface area contributed by atoms with Crippen LogP contribution in [-0.4, -0.2) is 43.9 Å². The van der Waals surface area contributed by atoms with Gasteiger partial charge in [-0.2, -0.15) is 0 Å². The van der Waals surface area contributed by atoms with E-state index in [0.29, 0.717) is 6.54 Å². The summed E-state index contributed by atoms with van der Waals surface area (Å²) in [4.78, 5) is 29.2. The second-order valence-electron chi connectivity index (χ2n) is 6.74. The summed E-state index contributed by atoms with van der Waals surface area (Å²) in [6.07, 6.45) is 0.00822. The molecule has 2 atom stereocenters. The number of rotatable bonds is 6. The molecule has 2 unspecified atom stereocenters. The fraction of sp³-hybridized carbons (Fsp3) is 0.368. The van der Waals surface area contributed by atoms with Crippen molar-refractivity contribution in [1.29, 1.82) is 0 Å². The molecule has 1 aliphatic rings. The molecule has 1 aromatic carbocycles. The van der Waals surface area contributed by atoms with E-state index in [-0.39, 0.29) is 36.5 Å². The van der Waals surface area contributed by atoms with Gasteiger partial charge < -0.3 is 15.1 Å². The van der Waals surface area contributed by atoms with Crippen molar-refractivity contribution in [3.8, 4) is 0 Å². The minimum Gasteiger partial charge on any atom is -0.354 e. The summed E-state index contributed by atoms with van der Waals surface area (Å²) in [5.41, 5.74) is 0.00135. The third kappa shape index (κ3) is 4.33. The number of nitrogens with one attached hydrogen (secondary N) is 1. The second-order valence-corrected chi connectivity index (χ2v) is 7.72. The molecule has 3 rings (SSSR count). The third-order valence-corrected chi connectivity index (χ3v) is 5.63. The Morgan fingerprint density at radius 3 is 2.78 bits per heavy atom. The molecule has 2 heterocycles. The summed E-state index contributed by atoms with van der Waals surface area (Å²) in [7, 11) is 3.88. The highest BCUT2D eigenvalue weighted by molar-refractivity contribution is 7.10. The Morgan fingerprint density at radius 2 is 2.15 bits per heavy atom. The van der Waals surface area contributed by atoms with Crippen LogP contribution in [0.15, 0.2) is 35.7 Å². The van der Waals surface area contributed by atoms with E-state index in [1.807, 2.05) is 36.5 Å². The van der Waals surface area contributed by atoms with Gasteiger partial charge in [0, 0.05) is 30.5 Å². The summed E-state index contributed by atoms with van der Waals surface area (Å²) < 4.78 is 27.0. The van der Waals surface area contributed by atoms with E-state index >= 15 is 0 Å². The van der Waals surface area contributed by atoms with E-state index < -0.39 is 17.6 Å². The third-order valence-electron chi connectivity index (χ3n) is 4.66. The smallest absolute Gasteiger partial charge is 0.227 e. The number of carbonyl (C=O) groups is 2. The number of anilines is 1. The van der Waals surface area contributed by atoms with Crippen LogP contribution in [0.2, 0.25) is 0 Å². The predicted molar refractivity (Wildman–Crippen MR) is 101 cm³/mol. The molecular formula is C19H21F2N3O2S. The van der Waals surface area contributed by atoms with Gasteiger partial charge in [0.1, 0.15) is 11.6 Å². The van der Waals surface area contributed by atoms with Crippen LogP contribution in [0.5, 0.6) is 0 Å². The Morgan fingerprint density at radius 1 is 1.37 bits per heavy atom. The van der Waals surface area contributed by atoms with Crippen LogP contribution in [-0.2, 0) is 9.59 Å². The van der Waals surface area contributed by atoms with Crippen molar-refractivity contribution >= 4 is 28.8 Å². The van der Waals surface area contributed by atoms with Crippen LogP contribution in [0.25, 0.3) is 0 Å². The van der Waals surface area contributed by atoms with Crippen molar-refractivity contribution in [2.75, 3.05) is 32.1 Å². The van der Waals surface area contributed by atoms with Gasteiger partial charge in [-0.05, 0) is 37.7 Å². The van der Waals surface area contributed by atoms with Crippen molar-refractivity contribution in [2.45, 2.75) is 12.5 Å². The Labute approximate surface area is 160 Å². The van der Waals surface area contributed by atoms with Gasteiger partial charge in [0.15, 0.2) is 0 Å². The molecule has 2 amide bonds. The molecule has 2 aromatic rings. The number of halogens is 2. The first-order valence-corrected chi connectivity index (χ1v) is 9.47. The molecule has 1 N–H and O–H groups in total. The highest BCUT2D eigenvalue weighted by Crippen LogP contribution is 2.28. The minimum atomic E-state index is -0.810. The largest absolute Gasteiger partial charge is 0.354 e. The molecule has 1 fully saturated rings. The highest BCUT2D eigenvalue weighted by atomic mass is 32.1. The summed E-state index contributed by atoms with van der Waals surface area (Å²) in [6.45, 7) is 0.501. The normalized spacial score (nSPS) is 18.2. The van der Waals surface area contributed by atoms with Gasteiger partial charge in [0.05, 0.1) is 17.6 Å². The lowest BCUT2D eigenvalue weighted by molar-refractivity contribution is -0.126. The van der Waals surface area contributed by atoms with Crippen molar-refractivity contribution in [2.24, 2.45) is 5.92 Å². The molecule has 0 saturated carbocycles. The average molecular weight is 393 g/mol. The molecule has 27 heavy (non-hydrogen) atoms. The van der Waals surface area contributed by atoms with Crippen molar-refractivity contribution < 1.29 is 18.4 Å². The number of thiophene rings is 1. The van der Waals surface area contributed by atoms with Crippen LogP contribution in [0, 0.1) is 17.6 Å². The quantitative estimate of drug-likeness (QED) is 0.821. The molecule has 1 saturated heterocycles. The first kappa shape index (κ1) is 19.4. The first-order valence-electron chi connectivity index (χ1n) is 8.59. The van der Waals surface area contributed by atoms with Gasteiger partial charge in [-0.1, -0.05) is 6.07 Å². The summed E-state index contributed by atoms with van der Waals surface area (Å²) >= 11 is 1.62. The SMILES string of the molecule is CN(C)C(CNC(=O)C1CC(=O)N(c2ccc(F)cc2F)C1)c1cccs1. The van der Waals surface area contributed by atoms with Crippen LogP contribution in [0.3, 0.4) is 0 Å². The minimum absolute atomic E-state index is 0.00135. The molecule has 5 nitrogen and oxygen atoms in total. The topological polar surface area (TPSA) is 52.7 Å². The van der Waals surface area contributed by atoms with Gasteiger partial charge in [0.25, 0.3) is 0 Å². The average Bonchev–Trinajstić information content (AvgIpc) is 3.25. The van der Waals surface area contributed by atoms with Crippen molar-refractivity contribution in [3.63, 3.8) is 0 Å². The van der Waals surface area contributed by atoms with Gasteiger partial charge in [-0.15, -0.1) is 11.3 Å². The molecule has 0 bridgehead atoms. The monoisotopic (exact) mass is 393 g/mol. The lowest BCUT2D eigenvalue weighted by Crippen LogP contribution is -2.38.